The van der Waals surface area contributed by atoms with Gasteiger partial charge in [0.05, 0.1) is 26.4 Å². The Morgan fingerprint density at radius 3 is 0.819 bits per heavy atom. The van der Waals surface area contributed by atoms with Crippen LogP contribution in [0.2, 0.25) is 0 Å². The molecule has 0 heterocycles. The lowest BCUT2D eigenvalue weighted by molar-refractivity contribution is -0.161. The second-order valence-corrected chi connectivity index (χ2v) is 31.2. The number of allylic oxidation sites excluding steroid dienone is 18. The first-order chi connectivity index (χ1) is 51.2. The van der Waals surface area contributed by atoms with Crippen LogP contribution in [0, 0.1) is 0 Å². The van der Waals surface area contributed by atoms with Crippen LogP contribution in [0.1, 0.15) is 367 Å². The highest BCUT2D eigenvalue weighted by molar-refractivity contribution is 7.47. The Labute approximate surface area is 640 Å². The average Bonchev–Trinajstić information content (AvgIpc) is 1.81. The summed E-state index contributed by atoms with van der Waals surface area (Å²) in [5, 5.41) is 20.6. The zero-order chi connectivity index (χ0) is 76.6. The van der Waals surface area contributed by atoms with Crippen molar-refractivity contribution >= 4 is 33.6 Å². The Morgan fingerprint density at radius 1 is 0.276 bits per heavy atom. The molecule has 0 bridgehead atoms. The molecule has 18 heteroatoms. The van der Waals surface area contributed by atoms with E-state index in [0.717, 1.165) is 128 Å². The summed E-state index contributed by atoms with van der Waals surface area (Å²) in [5.41, 5.74) is 0. The van der Waals surface area contributed by atoms with Gasteiger partial charge in [-0.3, -0.25) is 32.5 Å². The molecule has 0 amide bonds. The first-order valence-electron chi connectivity index (χ1n) is 42.2. The third-order valence-electron chi connectivity index (χ3n) is 18.0. The Balaban J connectivity index is 4.40. The smallest absolute Gasteiger partial charge is 0.463 e. The number of carbonyl (C=O) groups is 3. The maximum absolute atomic E-state index is 12.9. The van der Waals surface area contributed by atoms with E-state index >= 15 is 0 Å². The molecule has 0 rings (SSSR count). The highest BCUT2D eigenvalue weighted by Gasteiger charge is 2.29. The van der Waals surface area contributed by atoms with Gasteiger partial charge < -0.3 is 34.2 Å². The SMILES string of the molecule is CC/C=C\C/C=C\C/C=C\C/C=C\C/C=C\CCCCCCCCCCCCCCCC(=O)OCC(O)COP(=O)(O)OCC(O)COP(=O)(O)OCC(COC(=O)CCCCCCCCCCCCCCC/C=C\C/C=C\C/C=C\C/C=C\CCCCC)OC(=O)CCCCCCCCCCCCC. The molecule has 0 spiro atoms. The van der Waals surface area contributed by atoms with Gasteiger partial charge in [-0.1, -0.05) is 348 Å². The molecule has 0 fully saturated rings. The third kappa shape index (κ3) is 81.0. The number of ether oxygens (including phenoxy) is 3. The Kier molecular flexibility index (Phi) is 76.9. The monoisotopic (exact) mass is 1520 g/mol. The number of rotatable bonds is 80. The molecule has 0 aromatic rings. The molecule has 0 aromatic heterocycles. The number of hydrogen-bond donors (Lipinski definition) is 4. The minimum Gasteiger partial charge on any atom is -0.463 e. The van der Waals surface area contributed by atoms with Crippen molar-refractivity contribution in [3.05, 3.63) is 109 Å². The van der Waals surface area contributed by atoms with E-state index < -0.39 is 91.5 Å². The summed E-state index contributed by atoms with van der Waals surface area (Å²) in [6.45, 7) is 2.57. The zero-order valence-corrected chi connectivity index (χ0v) is 68.4. The lowest BCUT2D eigenvalue weighted by Crippen LogP contribution is -2.30. The maximum Gasteiger partial charge on any atom is 0.472 e. The molecular weight excluding hydrogens is 1360 g/mol. The standard InChI is InChI=1S/C87H154O16P2/c1-4-7-10-13-16-19-22-24-26-28-30-32-34-36-38-40-42-44-46-48-50-52-54-56-59-61-64-67-70-73-85(90)97-76-82(88)77-99-104(93,94)100-78-83(89)79-101-105(95,96)102-81-84(103-87(92)75-72-69-66-63-58-21-18-15-12-9-6-3)80-98-86(91)74-71-68-65-62-60-57-55-53-51-49-47-45-43-41-39-37-35-33-31-29-27-25-23-20-17-14-11-8-5-2/h7,10,16-17,19-20,24-27,30-33,36-39,82-84,88-89H,4-6,8-9,11-15,18,21-23,28-29,34-35,40-81H2,1-3H3,(H,93,94)(H,95,96)/b10-7-,19-16-,20-17-,26-24-,27-25-,32-30-,33-31-,38-36-,39-37-. The van der Waals surface area contributed by atoms with Crippen LogP contribution in [0.5, 0.6) is 0 Å². The van der Waals surface area contributed by atoms with Gasteiger partial charge in [0.25, 0.3) is 0 Å². The van der Waals surface area contributed by atoms with Gasteiger partial charge in [0.2, 0.25) is 0 Å². The summed E-state index contributed by atoms with van der Waals surface area (Å²) in [4.78, 5) is 58.7. The minimum atomic E-state index is -4.93. The molecule has 4 N–H and O–H groups in total. The molecule has 105 heavy (non-hydrogen) atoms. The molecule has 5 unspecified atom stereocenters. The van der Waals surface area contributed by atoms with E-state index in [1.54, 1.807) is 0 Å². The van der Waals surface area contributed by atoms with Crippen molar-refractivity contribution in [3.8, 4) is 0 Å². The van der Waals surface area contributed by atoms with Crippen LogP contribution in [0.15, 0.2) is 109 Å². The number of phosphoric ester groups is 2. The average molecular weight is 1520 g/mol. The summed E-state index contributed by atoms with van der Waals surface area (Å²) in [6, 6.07) is 0. The number of esters is 3. The van der Waals surface area contributed by atoms with E-state index in [9.17, 15) is 43.5 Å². The molecule has 0 aliphatic rings. The number of carbonyl (C=O) groups excluding carboxylic acids is 3. The van der Waals surface area contributed by atoms with Gasteiger partial charge in [-0.2, -0.15) is 0 Å². The number of phosphoric acid groups is 2. The van der Waals surface area contributed by atoms with E-state index in [-0.39, 0.29) is 19.3 Å². The van der Waals surface area contributed by atoms with E-state index in [1.807, 2.05) is 0 Å². The predicted octanol–water partition coefficient (Wildman–Crippen LogP) is 25.1. The largest absolute Gasteiger partial charge is 0.472 e. The summed E-state index contributed by atoms with van der Waals surface area (Å²) < 4.78 is 61.2. The predicted molar refractivity (Wildman–Crippen MR) is 436 cm³/mol. The molecule has 0 saturated carbocycles. The second kappa shape index (κ2) is 79.8. The van der Waals surface area contributed by atoms with Gasteiger partial charge in [-0.15, -0.1) is 0 Å². The van der Waals surface area contributed by atoms with E-state index in [1.165, 1.54) is 180 Å². The van der Waals surface area contributed by atoms with Crippen LogP contribution >= 0.6 is 15.6 Å². The number of unbranched alkanes of at least 4 members (excludes halogenated alkanes) is 39. The molecule has 608 valence electrons. The van der Waals surface area contributed by atoms with Crippen LogP contribution in [0.4, 0.5) is 0 Å². The van der Waals surface area contributed by atoms with Gasteiger partial charge in [-0.25, -0.2) is 9.13 Å². The highest BCUT2D eigenvalue weighted by atomic mass is 31.2. The van der Waals surface area contributed by atoms with E-state index in [2.05, 4.69) is 130 Å². The van der Waals surface area contributed by atoms with Crippen molar-refractivity contribution < 1.29 is 75.8 Å². The van der Waals surface area contributed by atoms with Crippen LogP contribution < -0.4 is 0 Å². The molecular formula is C87H154O16P2. The van der Waals surface area contributed by atoms with Crippen molar-refractivity contribution in [1.82, 2.24) is 0 Å². The van der Waals surface area contributed by atoms with Gasteiger partial charge in [0, 0.05) is 19.3 Å². The molecule has 16 nitrogen and oxygen atoms in total. The van der Waals surface area contributed by atoms with E-state index in [0.29, 0.717) is 19.3 Å². The van der Waals surface area contributed by atoms with Crippen LogP contribution in [-0.2, 0) is 55.8 Å². The summed E-state index contributed by atoms with van der Waals surface area (Å²) in [5.74, 6) is -1.56. The van der Waals surface area contributed by atoms with Crippen molar-refractivity contribution in [3.63, 3.8) is 0 Å². The van der Waals surface area contributed by atoms with E-state index in [4.69, 9.17) is 32.3 Å². The Hall–Kier alpha value is -3.79. The number of hydrogen-bond acceptors (Lipinski definition) is 14. The topological polar surface area (TPSA) is 231 Å². The lowest BCUT2D eigenvalue weighted by atomic mass is 10.0. The van der Waals surface area contributed by atoms with Crippen LogP contribution in [0.3, 0.4) is 0 Å². The Morgan fingerprint density at radius 2 is 0.505 bits per heavy atom. The van der Waals surface area contributed by atoms with Gasteiger partial charge in [0.15, 0.2) is 6.10 Å². The molecule has 0 aliphatic carbocycles. The van der Waals surface area contributed by atoms with Crippen molar-refractivity contribution in [2.75, 3.05) is 39.6 Å². The normalized spacial score (nSPS) is 14.5. The molecule has 5 atom stereocenters. The minimum absolute atomic E-state index is 0.108. The van der Waals surface area contributed by atoms with Crippen molar-refractivity contribution in [1.29, 1.82) is 0 Å². The summed E-state index contributed by atoms with van der Waals surface area (Å²) in [7, 11) is -9.78. The fraction of sp³-hybridized carbons (Fsp3) is 0.759. The number of aliphatic hydroxyl groups is 2. The highest BCUT2D eigenvalue weighted by Crippen LogP contribution is 2.45. The zero-order valence-electron chi connectivity index (χ0n) is 66.6. The van der Waals surface area contributed by atoms with Crippen molar-refractivity contribution in [2.45, 2.75) is 386 Å². The van der Waals surface area contributed by atoms with Crippen LogP contribution in [0.25, 0.3) is 0 Å². The number of aliphatic hydroxyl groups excluding tert-OH is 2. The van der Waals surface area contributed by atoms with Crippen LogP contribution in [-0.4, -0.2) is 95.9 Å². The second-order valence-electron chi connectivity index (χ2n) is 28.3. The van der Waals surface area contributed by atoms with Crippen molar-refractivity contribution in [2.24, 2.45) is 0 Å². The first-order valence-corrected chi connectivity index (χ1v) is 45.2. The first kappa shape index (κ1) is 101. The molecule has 0 aliphatic heterocycles. The van der Waals surface area contributed by atoms with Gasteiger partial charge >= 0.3 is 33.6 Å². The quantitative estimate of drug-likeness (QED) is 0.0146. The molecule has 0 radical (unpaired) electrons. The fourth-order valence-corrected chi connectivity index (χ4v) is 13.2. The summed E-state index contributed by atoms with van der Waals surface area (Å²) in [6.07, 6.45) is 94.4. The lowest BCUT2D eigenvalue weighted by Gasteiger charge is -2.21. The molecule has 0 aromatic carbocycles. The third-order valence-corrected chi connectivity index (χ3v) is 19.9. The summed E-state index contributed by atoms with van der Waals surface area (Å²) >= 11 is 0. The maximum atomic E-state index is 12.9. The van der Waals surface area contributed by atoms with Gasteiger partial charge in [-0.05, 0) is 109 Å². The van der Waals surface area contributed by atoms with Gasteiger partial charge in [0.1, 0.15) is 25.4 Å². The molecule has 0 saturated heterocycles. The fourth-order valence-electron chi connectivity index (χ4n) is 11.6. The Bertz CT molecular complexity index is 2340.